The Morgan fingerprint density at radius 3 is 2.62 bits per heavy atom. The molecule has 5 rings (SSSR count). The number of H-pyrrole nitrogens is 1. The number of fused-ring (bicyclic) bond motifs is 1. The summed E-state index contributed by atoms with van der Waals surface area (Å²) in [6.07, 6.45) is 3.06. The number of nitrogens with zero attached hydrogens (tertiary/aromatic N) is 3. The molecule has 0 bridgehead atoms. The van der Waals surface area contributed by atoms with Crippen molar-refractivity contribution in [1.29, 1.82) is 0 Å². The Morgan fingerprint density at radius 1 is 1.03 bits per heavy atom. The van der Waals surface area contributed by atoms with Gasteiger partial charge in [-0.3, -0.25) is 9.59 Å². The minimum atomic E-state index is -3.72. The predicted molar refractivity (Wildman–Crippen MR) is 129 cm³/mol. The van der Waals surface area contributed by atoms with E-state index in [0.29, 0.717) is 27.2 Å². The summed E-state index contributed by atoms with van der Waals surface area (Å²) in [7, 11) is -3.72. The molecule has 1 aromatic carbocycles. The van der Waals surface area contributed by atoms with Gasteiger partial charge in [-0.1, -0.05) is 12.1 Å². The van der Waals surface area contributed by atoms with Crippen molar-refractivity contribution in [3.63, 3.8) is 0 Å². The van der Waals surface area contributed by atoms with Crippen molar-refractivity contribution in [2.45, 2.75) is 4.90 Å². The van der Waals surface area contributed by atoms with Gasteiger partial charge in [-0.15, -0.1) is 11.3 Å². The molecule has 0 atom stereocenters. The zero-order chi connectivity index (χ0) is 23.7. The molecule has 0 aliphatic carbocycles. The Balaban J connectivity index is 1.26. The van der Waals surface area contributed by atoms with Crippen LogP contribution >= 0.6 is 11.3 Å². The van der Waals surface area contributed by atoms with Crippen LogP contribution in [0, 0.1) is 0 Å². The maximum absolute atomic E-state index is 13.2. The van der Waals surface area contributed by atoms with Crippen LogP contribution < -0.4 is 5.32 Å². The number of aromatic amines is 1. The summed E-state index contributed by atoms with van der Waals surface area (Å²) in [4.78, 5) is 34.8. The lowest BCUT2D eigenvalue weighted by Crippen LogP contribution is -2.50. The van der Waals surface area contributed by atoms with Crippen molar-refractivity contribution in [1.82, 2.24) is 19.2 Å². The van der Waals surface area contributed by atoms with Crippen molar-refractivity contribution >= 4 is 49.9 Å². The minimum absolute atomic E-state index is 0.185. The molecule has 11 heteroatoms. The number of pyridine rings is 1. The second-order valence-electron chi connectivity index (χ2n) is 7.76. The van der Waals surface area contributed by atoms with Crippen LogP contribution in [-0.4, -0.2) is 65.6 Å². The van der Waals surface area contributed by atoms with E-state index in [1.807, 2.05) is 5.38 Å². The number of amides is 2. The van der Waals surface area contributed by atoms with E-state index in [-0.39, 0.29) is 42.9 Å². The van der Waals surface area contributed by atoms with E-state index in [1.54, 1.807) is 59.6 Å². The first-order valence-corrected chi connectivity index (χ1v) is 12.9. The first-order chi connectivity index (χ1) is 16.4. The molecular weight excluding hydrogens is 474 g/mol. The normalized spacial score (nSPS) is 14.9. The highest BCUT2D eigenvalue weighted by atomic mass is 32.2. The molecule has 1 saturated heterocycles. The van der Waals surface area contributed by atoms with E-state index in [2.05, 4.69) is 15.3 Å². The maximum Gasteiger partial charge on any atom is 0.265 e. The smallest absolute Gasteiger partial charge is 0.265 e. The molecular formula is C23H21N5O4S2. The average Bonchev–Trinajstić information content (AvgIpc) is 3.54. The molecule has 34 heavy (non-hydrogen) atoms. The van der Waals surface area contributed by atoms with Gasteiger partial charge in [0.05, 0.1) is 4.88 Å². The van der Waals surface area contributed by atoms with Crippen LogP contribution in [0.1, 0.15) is 20.0 Å². The van der Waals surface area contributed by atoms with Gasteiger partial charge in [-0.2, -0.15) is 4.31 Å². The standard InChI is InChI=1S/C23H21N5O4S2/c29-22(19-7-3-13-33-19)26-17-5-1-4-16(14-17)23(30)27-9-11-28(12-10-27)34(31,32)20-15-25-21-18(20)6-2-8-24-21/h1-8,13-15H,9-12H2,(H,24,25)(H,26,29). The SMILES string of the molecule is O=C(Nc1cccc(C(=O)N2CCN(S(=O)(=O)c3c[nH]c4ncccc34)CC2)c1)c1cccs1. The largest absolute Gasteiger partial charge is 0.345 e. The summed E-state index contributed by atoms with van der Waals surface area (Å²) in [5.41, 5.74) is 1.47. The number of aromatic nitrogens is 2. The maximum atomic E-state index is 13.2. The van der Waals surface area contributed by atoms with Crippen LogP contribution in [0.15, 0.2) is 71.2 Å². The molecule has 0 saturated carbocycles. The highest BCUT2D eigenvalue weighted by Gasteiger charge is 2.32. The molecule has 2 N–H and O–H groups in total. The van der Waals surface area contributed by atoms with Crippen LogP contribution in [0.25, 0.3) is 11.0 Å². The molecule has 4 heterocycles. The van der Waals surface area contributed by atoms with Gasteiger partial charge in [0.25, 0.3) is 11.8 Å². The molecule has 3 aromatic heterocycles. The molecule has 4 aromatic rings. The lowest BCUT2D eigenvalue weighted by atomic mass is 10.1. The Bertz CT molecular complexity index is 1460. The summed E-state index contributed by atoms with van der Waals surface area (Å²) < 4.78 is 27.8. The van der Waals surface area contributed by atoms with Gasteiger partial charge in [-0.25, -0.2) is 13.4 Å². The lowest BCUT2D eigenvalue weighted by molar-refractivity contribution is 0.0697. The predicted octanol–water partition coefficient (Wildman–Crippen LogP) is 3.02. The Kier molecular flexibility index (Phi) is 5.90. The highest BCUT2D eigenvalue weighted by Crippen LogP contribution is 2.25. The van der Waals surface area contributed by atoms with Gasteiger partial charge in [-0.05, 0) is 41.8 Å². The van der Waals surface area contributed by atoms with Crippen LogP contribution in [0.2, 0.25) is 0 Å². The second kappa shape index (κ2) is 9.01. The van der Waals surface area contributed by atoms with Gasteiger partial charge >= 0.3 is 0 Å². The fourth-order valence-corrected chi connectivity index (χ4v) is 6.12. The van der Waals surface area contributed by atoms with Crippen LogP contribution in [0.5, 0.6) is 0 Å². The number of nitrogens with one attached hydrogen (secondary N) is 2. The Hall–Kier alpha value is -3.54. The van der Waals surface area contributed by atoms with E-state index in [4.69, 9.17) is 0 Å². The number of carbonyl (C=O) groups is 2. The van der Waals surface area contributed by atoms with Crippen molar-refractivity contribution < 1.29 is 18.0 Å². The molecule has 1 aliphatic rings. The summed E-state index contributed by atoms with van der Waals surface area (Å²) in [6.45, 7) is 0.917. The number of rotatable bonds is 5. The molecule has 1 fully saturated rings. The average molecular weight is 496 g/mol. The number of thiophene rings is 1. The van der Waals surface area contributed by atoms with Gasteiger partial charge < -0.3 is 15.2 Å². The van der Waals surface area contributed by atoms with E-state index >= 15 is 0 Å². The molecule has 1 aliphatic heterocycles. The Labute approximate surface area is 200 Å². The topological polar surface area (TPSA) is 115 Å². The van der Waals surface area contributed by atoms with Crippen molar-refractivity contribution in [3.05, 3.63) is 76.7 Å². The van der Waals surface area contributed by atoms with Crippen molar-refractivity contribution in [2.24, 2.45) is 0 Å². The molecule has 2 amide bonds. The second-order valence-corrected chi connectivity index (χ2v) is 10.6. The van der Waals surface area contributed by atoms with Gasteiger partial charge in [0.2, 0.25) is 10.0 Å². The quantitative estimate of drug-likeness (QED) is 0.442. The molecule has 174 valence electrons. The first kappa shape index (κ1) is 22.3. The van der Waals surface area contributed by atoms with E-state index < -0.39 is 10.0 Å². The zero-order valence-corrected chi connectivity index (χ0v) is 19.6. The van der Waals surface area contributed by atoms with Gasteiger partial charge in [0.15, 0.2) is 0 Å². The zero-order valence-electron chi connectivity index (χ0n) is 18.0. The van der Waals surface area contributed by atoms with Crippen LogP contribution in [-0.2, 0) is 10.0 Å². The Morgan fingerprint density at radius 2 is 1.85 bits per heavy atom. The number of hydrogen-bond acceptors (Lipinski definition) is 6. The monoisotopic (exact) mass is 495 g/mol. The third kappa shape index (κ3) is 4.20. The van der Waals surface area contributed by atoms with E-state index in [9.17, 15) is 18.0 Å². The van der Waals surface area contributed by atoms with Crippen molar-refractivity contribution in [3.8, 4) is 0 Å². The lowest BCUT2D eigenvalue weighted by Gasteiger charge is -2.34. The number of anilines is 1. The summed E-state index contributed by atoms with van der Waals surface area (Å²) in [5.74, 6) is -0.438. The summed E-state index contributed by atoms with van der Waals surface area (Å²) >= 11 is 1.34. The number of piperazine rings is 1. The van der Waals surface area contributed by atoms with Gasteiger partial charge in [0.1, 0.15) is 10.5 Å². The summed E-state index contributed by atoms with van der Waals surface area (Å²) in [5, 5.41) is 5.17. The van der Waals surface area contributed by atoms with E-state index in [1.165, 1.54) is 21.8 Å². The number of sulfonamides is 1. The third-order valence-corrected chi connectivity index (χ3v) is 8.48. The fourth-order valence-electron chi connectivity index (χ4n) is 3.93. The minimum Gasteiger partial charge on any atom is -0.345 e. The molecule has 9 nitrogen and oxygen atoms in total. The molecule has 0 radical (unpaired) electrons. The highest BCUT2D eigenvalue weighted by molar-refractivity contribution is 7.89. The number of benzene rings is 1. The van der Waals surface area contributed by atoms with E-state index in [0.717, 1.165) is 0 Å². The fraction of sp³-hybridized carbons (Fsp3) is 0.174. The third-order valence-electron chi connectivity index (χ3n) is 5.67. The summed E-state index contributed by atoms with van der Waals surface area (Å²) in [6, 6.07) is 13.7. The molecule has 0 unspecified atom stereocenters. The van der Waals surface area contributed by atoms with Crippen LogP contribution in [0.3, 0.4) is 0 Å². The molecule has 0 spiro atoms. The first-order valence-electron chi connectivity index (χ1n) is 10.6. The number of hydrogen-bond donors (Lipinski definition) is 2. The van der Waals surface area contributed by atoms with Crippen LogP contribution in [0.4, 0.5) is 5.69 Å². The van der Waals surface area contributed by atoms with Crippen molar-refractivity contribution in [2.75, 3.05) is 31.5 Å². The number of carbonyl (C=O) groups excluding carboxylic acids is 2. The van der Waals surface area contributed by atoms with Gasteiger partial charge in [0, 0.05) is 55.2 Å².